The molecular formula is C9H8BrClN2. The van der Waals surface area contributed by atoms with E-state index in [4.69, 9.17) is 11.6 Å². The predicted molar refractivity (Wildman–Crippen MR) is 58.0 cm³/mol. The van der Waals surface area contributed by atoms with E-state index < -0.39 is 0 Å². The fraction of sp³-hybridized carbons (Fsp3) is 0.222. The summed E-state index contributed by atoms with van der Waals surface area (Å²) >= 11 is 9.21. The Balaban J connectivity index is 2.83. The van der Waals surface area contributed by atoms with Crippen molar-refractivity contribution in [2.24, 2.45) is 7.05 Å². The first kappa shape index (κ1) is 9.03. The largest absolute Gasteiger partial charge is 0.330 e. The Kier molecular flexibility index (Phi) is 2.30. The highest BCUT2D eigenvalue weighted by atomic mass is 79.9. The molecule has 2 nitrogen and oxygen atoms in total. The van der Waals surface area contributed by atoms with E-state index >= 15 is 0 Å². The zero-order valence-electron chi connectivity index (χ0n) is 7.09. The summed E-state index contributed by atoms with van der Waals surface area (Å²) in [5.41, 5.74) is 2.07. The molecule has 2 rings (SSSR count). The number of nitrogens with zero attached hydrogens (tertiary/aromatic N) is 2. The molecule has 0 radical (unpaired) electrons. The molecular weight excluding hydrogens is 251 g/mol. The van der Waals surface area contributed by atoms with Crippen molar-refractivity contribution in [2.45, 2.75) is 5.88 Å². The number of rotatable bonds is 1. The van der Waals surface area contributed by atoms with Crippen LogP contribution in [0.3, 0.4) is 0 Å². The molecule has 0 saturated heterocycles. The molecule has 0 amide bonds. The highest BCUT2D eigenvalue weighted by Gasteiger charge is 2.07. The van der Waals surface area contributed by atoms with Crippen molar-refractivity contribution in [2.75, 3.05) is 0 Å². The van der Waals surface area contributed by atoms with Crippen LogP contribution >= 0.6 is 27.5 Å². The lowest BCUT2D eigenvalue weighted by Crippen LogP contribution is -1.93. The molecule has 0 aliphatic rings. The zero-order valence-corrected chi connectivity index (χ0v) is 9.43. The average Bonchev–Trinajstić information content (AvgIpc) is 2.45. The maximum Gasteiger partial charge on any atom is 0.124 e. The standard InChI is InChI=1S/C9H8BrClN2/c1-13-7-4-2-3-6(10)9(7)12-8(13)5-11/h2-4H,5H2,1H3. The molecule has 0 N–H and O–H groups in total. The maximum absolute atomic E-state index is 5.76. The summed E-state index contributed by atoms with van der Waals surface area (Å²) in [5, 5.41) is 0. The third-order valence-corrected chi connectivity index (χ3v) is 2.95. The molecule has 1 aromatic heterocycles. The molecule has 13 heavy (non-hydrogen) atoms. The van der Waals surface area contributed by atoms with E-state index in [-0.39, 0.29) is 0 Å². The fourth-order valence-corrected chi connectivity index (χ4v) is 2.03. The van der Waals surface area contributed by atoms with Gasteiger partial charge < -0.3 is 4.57 Å². The molecule has 4 heteroatoms. The van der Waals surface area contributed by atoms with Gasteiger partial charge in [0, 0.05) is 11.5 Å². The lowest BCUT2D eigenvalue weighted by molar-refractivity contribution is 0.874. The Labute approximate surface area is 89.7 Å². The number of hydrogen-bond donors (Lipinski definition) is 0. The molecule has 2 aromatic rings. The van der Waals surface area contributed by atoms with Crippen molar-refractivity contribution in [1.82, 2.24) is 9.55 Å². The maximum atomic E-state index is 5.76. The van der Waals surface area contributed by atoms with E-state index in [1.807, 2.05) is 29.8 Å². The Morgan fingerprint density at radius 3 is 2.92 bits per heavy atom. The monoisotopic (exact) mass is 258 g/mol. The number of halogens is 2. The second-order valence-electron chi connectivity index (χ2n) is 2.83. The van der Waals surface area contributed by atoms with Crippen LogP contribution in [0.5, 0.6) is 0 Å². The van der Waals surface area contributed by atoms with Gasteiger partial charge in [-0.1, -0.05) is 6.07 Å². The van der Waals surface area contributed by atoms with Crippen LogP contribution in [0, 0.1) is 0 Å². The van der Waals surface area contributed by atoms with Gasteiger partial charge in [-0.15, -0.1) is 11.6 Å². The summed E-state index contributed by atoms with van der Waals surface area (Å²) in [6, 6.07) is 6.00. The first-order valence-electron chi connectivity index (χ1n) is 3.90. The zero-order chi connectivity index (χ0) is 9.42. The summed E-state index contributed by atoms with van der Waals surface area (Å²) in [6.45, 7) is 0. The van der Waals surface area contributed by atoms with E-state index in [0.29, 0.717) is 5.88 Å². The van der Waals surface area contributed by atoms with Crippen molar-refractivity contribution in [1.29, 1.82) is 0 Å². The highest BCUT2D eigenvalue weighted by Crippen LogP contribution is 2.23. The van der Waals surface area contributed by atoms with E-state index in [1.165, 1.54) is 0 Å². The van der Waals surface area contributed by atoms with Crippen LogP contribution in [0.4, 0.5) is 0 Å². The van der Waals surface area contributed by atoms with Gasteiger partial charge in [0.2, 0.25) is 0 Å². The third kappa shape index (κ3) is 1.36. The minimum atomic E-state index is 0.442. The van der Waals surface area contributed by atoms with Gasteiger partial charge in [0.25, 0.3) is 0 Å². The van der Waals surface area contributed by atoms with Crippen LogP contribution in [0.1, 0.15) is 5.82 Å². The summed E-state index contributed by atoms with van der Waals surface area (Å²) in [4.78, 5) is 4.41. The summed E-state index contributed by atoms with van der Waals surface area (Å²) < 4.78 is 3.02. The van der Waals surface area contributed by atoms with Gasteiger partial charge >= 0.3 is 0 Å². The second-order valence-corrected chi connectivity index (χ2v) is 3.95. The Morgan fingerprint density at radius 2 is 2.31 bits per heavy atom. The normalized spacial score (nSPS) is 11.0. The number of benzene rings is 1. The number of para-hydroxylation sites is 1. The number of imidazole rings is 1. The third-order valence-electron chi connectivity index (χ3n) is 2.07. The summed E-state index contributed by atoms with van der Waals surface area (Å²) in [7, 11) is 1.97. The van der Waals surface area contributed by atoms with Crippen molar-refractivity contribution >= 4 is 38.6 Å². The molecule has 0 atom stereocenters. The topological polar surface area (TPSA) is 17.8 Å². The van der Waals surface area contributed by atoms with Gasteiger partial charge in [-0.25, -0.2) is 4.98 Å². The molecule has 1 heterocycles. The Bertz CT molecular complexity index is 450. The molecule has 0 bridgehead atoms. The van der Waals surface area contributed by atoms with Crippen LogP contribution in [0.2, 0.25) is 0 Å². The van der Waals surface area contributed by atoms with Gasteiger partial charge in [-0.3, -0.25) is 0 Å². The molecule has 1 aromatic carbocycles. The van der Waals surface area contributed by atoms with Crippen molar-refractivity contribution < 1.29 is 0 Å². The van der Waals surface area contributed by atoms with Crippen molar-refractivity contribution in [3.8, 4) is 0 Å². The molecule has 0 spiro atoms. The highest BCUT2D eigenvalue weighted by molar-refractivity contribution is 9.10. The summed E-state index contributed by atoms with van der Waals surface area (Å²) in [5.74, 6) is 1.33. The molecule has 0 saturated carbocycles. The van der Waals surface area contributed by atoms with Crippen LogP contribution in [0.15, 0.2) is 22.7 Å². The smallest absolute Gasteiger partial charge is 0.124 e. The van der Waals surface area contributed by atoms with E-state index in [0.717, 1.165) is 21.3 Å². The van der Waals surface area contributed by atoms with Gasteiger partial charge in [0.15, 0.2) is 0 Å². The van der Waals surface area contributed by atoms with Gasteiger partial charge in [-0.2, -0.15) is 0 Å². The summed E-state index contributed by atoms with van der Waals surface area (Å²) in [6.07, 6.45) is 0. The van der Waals surface area contributed by atoms with E-state index in [1.54, 1.807) is 0 Å². The number of hydrogen-bond acceptors (Lipinski definition) is 1. The predicted octanol–water partition coefficient (Wildman–Crippen LogP) is 3.07. The minimum Gasteiger partial charge on any atom is -0.330 e. The van der Waals surface area contributed by atoms with Crippen molar-refractivity contribution in [3.05, 3.63) is 28.5 Å². The van der Waals surface area contributed by atoms with E-state index in [9.17, 15) is 0 Å². The molecule has 0 aliphatic carbocycles. The SMILES string of the molecule is Cn1c(CCl)nc2c(Br)cccc21. The molecule has 0 fully saturated rings. The Morgan fingerprint density at radius 1 is 1.54 bits per heavy atom. The van der Waals surface area contributed by atoms with Gasteiger partial charge in [0.1, 0.15) is 11.3 Å². The lowest BCUT2D eigenvalue weighted by atomic mass is 10.3. The van der Waals surface area contributed by atoms with Crippen LogP contribution < -0.4 is 0 Å². The first-order chi connectivity index (χ1) is 6.24. The quantitative estimate of drug-likeness (QED) is 0.720. The number of fused-ring (bicyclic) bond motifs is 1. The van der Waals surface area contributed by atoms with Crippen molar-refractivity contribution in [3.63, 3.8) is 0 Å². The van der Waals surface area contributed by atoms with Crippen LogP contribution in [-0.2, 0) is 12.9 Å². The number of alkyl halides is 1. The molecule has 68 valence electrons. The molecule has 0 unspecified atom stereocenters. The van der Waals surface area contributed by atoms with Gasteiger partial charge in [-0.05, 0) is 28.1 Å². The first-order valence-corrected chi connectivity index (χ1v) is 5.22. The van der Waals surface area contributed by atoms with Crippen LogP contribution in [-0.4, -0.2) is 9.55 Å². The average molecular weight is 260 g/mol. The van der Waals surface area contributed by atoms with E-state index in [2.05, 4.69) is 20.9 Å². The minimum absolute atomic E-state index is 0.442. The van der Waals surface area contributed by atoms with Crippen LogP contribution in [0.25, 0.3) is 11.0 Å². The van der Waals surface area contributed by atoms with Gasteiger partial charge in [0.05, 0.1) is 11.4 Å². The fourth-order valence-electron chi connectivity index (χ4n) is 1.35. The number of aryl methyl sites for hydroxylation is 1. The second kappa shape index (κ2) is 3.31. The molecule has 0 aliphatic heterocycles. The Hall–Kier alpha value is -0.540. The lowest BCUT2D eigenvalue weighted by Gasteiger charge is -1.96. The number of aromatic nitrogens is 2.